The summed E-state index contributed by atoms with van der Waals surface area (Å²) < 4.78 is 0. The fourth-order valence-corrected chi connectivity index (χ4v) is 2.10. The predicted octanol–water partition coefficient (Wildman–Crippen LogP) is 3.75. The first-order chi connectivity index (χ1) is 9.97. The highest BCUT2D eigenvalue weighted by Gasteiger charge is 2.07. The zero-order valence-electron chi connectivity index (χ0n) is 12.7. The molecule has 2 aromatic carbocycles. The number of nitrogens with one attached hydrogen (secondary N) is 1. The average Bonchev–Trinajstić information content (AvgIpc) is 2.48. The standard InChI is InChI=1S/C18H21NO2/c1-12(2)15-6-4-14(5-7-15)11-19-18(21)16-8-9-17(20)13(3)10-16/h4-10,12,20H,11H2,1-3H3,(H,19,21). The molecule has 0 aliphatic carbocycles. The van der Waals surface area contributed by atoms with Crippen molar-refractivity contribution in [2.75, 3.05) is 0 Å². The molecular weight excluding hydrogens is 262 g/mol. The van der Waals surface area contributed by atoms with Gasteiger partial charge in [0.15, 0.2) is 0 Å². The van der Waals surface area contributed by atoms with Crippen LogP contribution in [-0.4, -0.2) is 11.0 Å². The summed E-state index contributed by atoms with van der Waals surface area (Å²) >= 11 is 0. The van der Waals surface area contributed by atoms with Crippen LogP contribution < -0.4 is 5.32 Å². The van der Waals surface area contributed by atoms with Crippen molar-refractivity contribution < 1.29 is 9.90 Å². The molecule has 0 radical (unpaired) electrons. The van der Waals surface area contributed by atoms with Crippen LogP contribution in [0, 0.1) is 6.92 Å². The van der Waals surface area contributed by atoms with Crippen molar-refractivity contribution in [1.82, 2.24) is 5.32 Å². The van der Waals surface area contributed by atoms with Gasteiger partial charge in [0.2, 0.25) is 0 Å². The maximum Gasteiger partial charge on any atom is 0.251 e. The highest BCUT2D eigenvalue weighted by Crippen LogP contribution is 2.17. The average molecular weight is 283 g/mol. The van der Waals surface area contributed by atoms with E-state index in [-0.39, 0.29) is 11.7 Å². The molecule has 110 valence electrons. The lowest BCUT2D eigenvalue weighted by Crippen LogP contribution is -2.22. The number of carbonyl (C=O) groups excluding carboxylic acids is 1. The van der Waals surface area contributed by atoms with E-state index < -0.39 is 0 Å². The number of carbonyl (C=O) groups is 1. The summed E-state index contributed by atoms with van der Waals surface area (Å²) in [5.74, 6) is 0.579. The van der Waals surface area contributed by atoms with E-state index in [0.717, 1.165) is 5.56 Å². The molecule has 0 aliphatic rings. The van der Waals surface area contributed by atoms with Crippen LogP contribution in [0.1, 0.15) is 46.8 Å². The first kappa shape index (κ1) is 15.1. The first-order valence-electron chi connectivity index (χ1n) is 7.14. The van der Waals surface area contributed by atoms with E-state index in [0.29, 0.717) is 23.6 Å². The largest absolute Gasteiger partial charge is 0.508 e. The number of hydrogen-bond donors (Lipinski definition) is 2. The van der Waals surface area contributed by atoms with Crippen molar-refractivity contribution in [2.24, 2.45) is 0 Å². The summed E-state index contributed by atoms with van der Waals surface area (Å²) in [7, 11) is 0. The van der Waals surface area contributed by atoms with Crippen molar-refractivity contribution in [2.45, 2.75) is 33.2 Å². The van der Waals surface area contributed by atoms with E-state index in [1.54, 1.807) is 25.1 Å². The van der Waals surface area contributed by atoms with Crippen LogP contribution in [0.2, 0.25) is 0 Å². The topological polar surface area (TPSA) is 49.3 Å². The van der Waals surface area contributed by atoms with Gasteiger partial charge in [0.1, 0.15) is 5.75 Å². The molecule has 0 bridgehead atoms. The molecule has 3 heteroatoms. The van der Waals surface area contributed by atoms with Crippen LogP contribution >= 0.6 is 0 Å². The Morgan fingerprint density at radius 1 is 1.14 bits per heavy atom. The van der Waals surface area contributed by atoms with Gasteiger partial charge in [-0.05, 0) is 47.7 Å². The lowest BCUT2D eigenvalue weighted by molar-refractivity contribution is 0.0951. The lowest BCUT2D eigenvalue weighted by Gasteiger charge is -2.09. The Balaban J connectivity index is 1.98. The van der Waals surface area contributed by atoms with Crippen LogP contribution in [0.3, 0.4) is 0 Å². The Labute approximate surface area is 125 Å². The Morgan fingerprint density at radius 2 is 1.81 bits per heavy atom. The van der Waals surface area contributed by atoms with Gasteiger partial charge >= 0.3 is 0 Å². The summed E-state index contributed by atoms with van der Waals surface area (Å²) in [4.78, 5) is 12.1. The molecule has 2 aromatic rings. The SMILES string of the molecule is Cc1cc(C(=O)NCc2ccc(C(C)C)cc2)ccc1O. The van der Waals surface area contributed by atoms with Crippen LogP contribution in [0.4, 0.5) is 0 Å². The van der Waals surface area contributed by atoms with Gasteiger partial charge in [0.25, 0.3) is 5.91 Å². The predicted molar refractivity (Wildman–Crippen MR) is 84.5 cm³/mol. The molecular formula is C18H21NO2. The fraction of sp³-hybridized carbons (Fsp3) is 0.278. The van der Waals surface area contributed by atoms with Gasteiger partial charge < -0.3 is 10.4 Å². The molecule has 0 atom stereocenters. The fourth-order valence-electron chi connectivity index (χ4n) is 2.10. The number of benzene rings is 2. The Morgan fingerprint density at radius 3 is 2.38 bits per heavy atom. The molecule has 2 rings (SSSR count). The zero-order valence-corrected chi connectivity index (χ0v) is 12.7. The van der Waals surface area contributed by atoms with E-state index in [9.17, 15) is 9.90 Å². The summed E-state index contributed by atoms with van der Waals surface area (Å²) in [5.41, 5.74) is 3.62. The van der Waals surface area contributed by atoms with Gasteiger partial charge in [0, 0.05) is 12.1 Å². The number of hydrogen-bond acceptors (Lipinski definition) is 2. The molecule has 0 fully saturated rings. The third kappa shape index (κ3) is 3.85. The van der Waals surface area contributed by atoms with Crippen LogP contribution in [0.25, 0.3) is 0 Å². The smallest absolute Gasteiger partial charge is 0.251 e. The molecule has 1 amide bonds. The van der Waals surface area contributed by atoms with Gasteiger partial charge in [-0.15, -0.1) is 0 Å². The quantitative estimate of drug-likeness (QED) is 0.897. The minimum Gasteiger partial charge on any atom is -0.508 e. The van der Waals surface area contributed by atoms with Crippen molar-refractivity contribution in [1.29, 1.82) is 0 Å². The van der Waals surface area contributed by atoms with Gasteiger partial charge in [-0.1, -0.05) is 38.1 Å². The number of rotatable bonds is 4. The van der Waals surface area contributed by atoms with E-state index in [4.69, 9.17) is 0 Å². The minimum absolute atomic E-state index is 0.133. The van der Waals surface area contributed by atoms with Gasteiger partial charge in [0.05, 0.1) is 0 Å². The van der Waals surface area contributed by atoms with E-state index in [1.165, 1.54) is 5.56 Å². The summed E-state index contributed by atoms with van der Waals surface area (Å²) in [6.45, 7) is 6.59. The van der Waals surface area contributed by atoms with Crippen LogP contribution in [-0.2, 0) is 6.54 Å². The van der Waals surface area contributed by atoms with E-state index in [1.807, 2.05) is 12.1 Å². The molecule has 0 heterocycles. The van der Waals surface area contributed by atoms with Crippen molar-refractivity contribution >= 4 is 5.91 Å². The summed E-state index contributed by atoms with van der Waals surface area (Å²) in [6, 6.07) is 13.1. The van der Waals surface area contributed by atoms with Crippen molar-refractivity contribution in [3.63, 3.8) is 0 Å². The molecule has 0 saturated carbocycles. The zero-order chi connectivity index (χ0) is 15.4. The molecule has 0 saturated heterocycles. The second-order valence-electron chi connectivity index (χ2n) is 5.58. The Kier molecular flexibility index (Phi) is 4.63. The minimum atomic E-state index is -0.133. The maximum absolute atomic E-state index is 12.1. The summed E-state index contributed by atoms with van der Waals surface area (Å²) in [6.07, 6.45) is 0. The first-order valence-corrected chi connectivity index (χ1v) is 7.14. The molecule has 0 aromatic heterocycles. The number of phenols is 1. The molecule has 3 nitrogen and oxygen atoms in total. The van der Waals surface area contributed by atoms with E-state index in [2.05, 4.69) is 31.3 Å². The van der Waals surface area contributed by atoms with Gasteiger partial charge in [-0.3, -0.25) is 4.79 Å². The van der Waals surface area contributed by atoms with Crippen molar-refractivity contribution in [3.05, 3.63) is 64.7 Å². The molecule has 2 N–H and O–H groups in total. The molecule has 0 unspecified atom stereocenters. The Hall–Kier alpha value is -2.29. The van der Waals surface area contributed by atoms with Crippen LogP contribution in [0.5, 0.6) is 5.75 Å². The maximum atomic E-state index is 12.1. The second kappa shape index (κ2) is 6.44. The molecule has 0 aliphatic heterocycles. The van der Waals surface area contributed by atoms with Gasteiger partial charge in [-0.2, -0.15) is 0 Å². The lowest BCUT2D eigenvalue weighted by atomic mass is 10.0. The Bertz CT molecular complexity index is 630. The monoisotopic (exact) mass is 283 g/mol. The molecule has 0 spiro atoms. The number of aromatic hydroxyl groups is 1. The second-order valence-corrected chi connectivity index (χ2v) is 5.58. The van der Waals surface area contributed by atoms with Crippen LogP contribution in [0.15, 0.2) is 42.5 Å². The van der Waals surface area contributed by atoms with E-state index >= 15 is 0 Å². The summed E-state index contributed by atoms with van der Waals surface area (Å²) in [5, 5.41) is 12.4. The van der Waals surface area contributed by atoms with Crippen molar-refractivity contribution in [3.8, 4) is 5.75 Å². The third-order valence-corrected chi connectivity index (χ3v) is 3.56. The highest BCUT2D eigenvalue weighted by molar-refractivity contribution is 5.94. The normalized spacial score (nSPS) is 10.7. The number of phenolic OH excluding ortho intramolecular Hbond substituents is 1. The number of aryl methyl sites for hydroxylation is 1. The number of amides is 1. The molecule has 21 heavy (non-hydrogen) atoms. The van der Waals surface area contributed by atoms with Gasteiger partial charge in [-0.25, -0.2) is 0 Å². The third-order valence-electron chi connectivity index (χ3n) is 3.56. The highest BCUT2D eigenvalue weighted by atomic mass is 16.3.